The molecule has 0 aromatic carbocycles. The van der Waals surface area contributed by atoms with Gasteiger partial charge in [-0.1, -0.05) is 0 Å². The smallest absolute Gasteiger partial charge is 0.262 e. The zero-order chi connectivity index (χ0) is 14.0. The molecule has 4 aromatic heterocycles. The Kier molecular flexibility index (Phi) is 1.92. The van der Waals surface area contributed by atoms with Gasteiger partial charge in [0.1, 0.15) is 5.65 Å². The summed E-state index contributed by atoms with van der Waals surface area (Å²) in [5.41, 5.74) is 3.04. The van der Waals surface area contributed by atoms with Crippen molar-refractivity contribution in [3.8, 4) is 0 Å². The van der Waals surface area contributed by atoms with Gasteiger partial charge in [0.05, 0.1) is 28.2 Å². The van der Waals surface area contributed by atoms with Crippen molar-refractivity contribution in [3.05, 3.63) is 34.5 Å². The molecule has 20 heavy (non-hydrogen) atoms. The highest BCUT2D eigenvalue weighted by molar-refractivity contribution is 6.02. The van der Waals surface area contributed by atoms with Crippen LogP contribution in [-0.2, 0) is 14.1 Å². The number of hydrogen-bond acceptors (Lipinski definition) is 4. The summed E-state index contributed by atoms with van der Waals surface area (Å²) < 4.78 is 5.07. The molecule has 4 aromatic rings. The van der Waals surface area contributed by atoms with Crippen molar-refractivity contribution < 1.29 is 0 Å². The molecule has 0 atom stereocenters. The highest BCUT2D eigenvalue weighted by atomic mass is 16.1. The Balaban J connectivity index is 2.45. The van der Waals surface area contributed by atoms with Crippen LogP contribution >= 0.6 is 0 Å². The first-order valence-corrected chi connectivity index (χ1v) is 6.23. The molecule has 0 aliphatic carbocycles. The third-order valence-electron chi connectivity index (χ3n) is 3.64. The van der Waals surface area contributed by atoms with Gasteiger partial charge in [0.25, 0.3) is 5.56 Å². The maximum atomic E-state index is 12.5. The van der Waals surface area contributed by atoms with Crippen LogP contribution in [0.5, 0.6) is 0 Å². The van der Waals surface area contributed by atoms with Gasteiger partial charge in [0.15, 0.2) is 5.65 Å². The molecule has 4 heterocycles. The van der Waals surface area contributed by atoms with E-state index in [4.69, 9.17) is 0 Å². The molecule has 0 saturated carbocycles. The van der Waals surface area contributed by atoms with E-state index in [-0.39, 0.29) is 5.56 Å². The quantitative estimate of drug-likeness (QED) is 0.472. The molecular formula is C13H12N6O. The molecule has 0 radical (unpaired) electrons. The van der Waals surface area contributed by atoms with Crippen molar-refractivity contribution in [3.63, 3.8) is 0 Å². The van der Waals surface area contributed by atoms with E-state index in [0.29, 0.717) is 5.39 Å². The first-order chi connectivity index (χ1) is 9.58. The van der Waals surface area contributed by atoms with Gasteiger partial charge in [-0.25, -0.2) is 9.50 Å². The summed E-state index contributed by atoms with van der Waals surface area (Å²) in [7, 11) is 3.57. The van der Waals surface area contributed by atoms with Gasteiger partial charge in [-0.3, -0.25) is 14.0 Å². The number of aromatic nitrogens is 6. The van der Waals surface area contributed by atoms with Crippen molar-refractivity contribution in [2.45, 2.75) is 6.92 Å². The van der Waals surface area contributed by atoms with E-state index in [0.717, 1.165) is 27.9 Å². The molecule has 0 saturated heterocycles. The molecule has 0 unspecified atom stereocenters. The summed E-state index contributed by atoms with van der Waals surface area (Å²) in [5.74, 6) is 0. The van der Waals surface area contributed by atoms with E-state index in [1.165, 1.54) is 0 Å². The first kappa shape index (κ1) is 11.2. The normalized spacial score (nSPS) is 11.9. The van der Waals surface area contributed by atoms with Gasteiger partial charge >= 0.3 is 0 Å². The SMILES string of the molecule is Cc1cc2n(C)c(=O)c3cnc4c(cnn4C)c3n2n1. The summed E-state index contributed by atoms with van der Waals surface area (Å²) in [4.78, 5) is 16.8. The van der Waals surface area contributed by atoms with E-state index in [1.807, 2.05) is 20.0 Å². The third-order valence-corrected chi connectivity index (χ3v) is 3.64. The van der Waals surface area contributed by atoms with Crippen LogP contribution in [-0.4, -0.2) is 28.9 Å². The van der Waals surface area contributed by atoms with Gasteiger partial charge in [0.2, 0.25) is 0 Å². The van der Waals surface area contributed by atoms with Crippen LogP contribution in [0, 0.1) is 6.92 Å². The Morgan fingerprint density at radius 1 is 1.15 bits per heavy atom. The number of aryl methyl sites for hydroxylation is 3. The van der Waals surface area contributed by atoms with Crippen LogP contribution in [0.4, 0.5) is 0 Å². The first-order valence-electron chi connectivity index (χ1n) is 6.23. The fraction of sp³-hybridized carbons (Fsp3) is 0.231. The van der Waals surface area contributed by atoms with Crippen LogP contribution in [0.25, 0.3) is 27.6 Å². The van der Waals surface area contributed by atoms with Crippen LogP contribution in [0.1, 0.15) is 5.69 Å². The summed E-state index contributed by atoms with van der Waals surface area (Å²) in [5, 5.41) is 10.1. The summed E-state index contributed by atoms with van der Waals surface area (Å²) >= 11 is 0. The molecule has 7 nitrogen and oxygen atoms in total. The summed E-state index contributed by atoms with van der Waals surface area (Å²) in [6.45, 7) is 1.91. The Morgan fingerprint density at radius 3 is 2.75 bits per heavy atom. The number of nitrogens with zero attached hydrogens (tertiary/aromatic N) is 6. The molecular weight excluding hydrogens is 256 g/mol. The third kappa shape index (κ3) is 1.19. The zero-order valence-corrected chi connectivity index (χ0v) is 11.3. The Labute approximate surface area is 113 Å². The molecule has 0 spiro atoms. The highest BCUT2D eigenvalue weighted by Crippen LogP contribution is 2.22. The summed E-state index contributed by atoms with van der Waals surface area (Å²) in [6.07, 6.45) is 3.32. The molecule has 0 aliphatic rings. The lowest BCUT2D eigenvalue weighted by Gasteiger charge is -2.06. The number of rotatable bonds is 0. The van der Waals surface area contributed by atoms with Crippen molar-refractivity contribution in [2.75, 3.05) is 0 Å². The Morgan fingerprint density at radius 2 is 1.95 bits per heavy atom. The predicted molar refractivity (Wildman–Crippen MR) is 74.7 cm³/mol. The monoisotopic (exact) mass is 268 g/mol. The minimum Gasteiger partial charge on any atom is -0.296 e. The highest BCUT2D eigenvalue weighted by Gasteiger charge is 2.15. The molecule has 7 heteroatoms. The van der Waals surface area contributed by atoms with Gasteiger partial charge in [-0.05, 0) is 6.92 Å². The molecule has 0 aliphatic heterocycles. The second-order valence-electron chi connectivity index (χ2n) is 4.95. The summed E-state index contributed by atoms with van der Waals surface area (Å²) in [6, 6.07) is 1.89. The van der Waals surface area contributed by atoms with E-state index < -0.39 is 0 Å². The fourth-order valence-corrected chi connectivity index (χ4v) is 2.64. The zero-order valence-electron chi connectivity index (χ0n) is 11.3. The minimum atomic E-state index is -0.0781. The average Bonchev–Trinajstić information content (AvgIpc) is 2.99. The average molecular weight is 268 g/mol. The predicted octanol–water partition coefficient (Wildman–Crippen LogP) is 0.776. The second kappa shape index (κ2) is 3.44. The maximum Gasteiger partial charge on any atom is 0.262 e. The van der Waals surface area contributed by atoms with Crippen LogP contribution < -0.4 is 5.56 Å². The lowest BCUT2D eigenvalue weighted by molar-refractivity contribution is 0.786. The van der Waals surface area contributed by atoms with Crippen LogP contribution in [0.3, 0.4) is 0 Å². The van der Waals surface area contributed by atoms with E-state index >= 15 is 0 Å². The van der Waals surface area contributed by atoms with Gasteiger partial charge in [-0.15, -0.1) is 0 Å². The second-order valence-corrected chi connectivity index (χ2v) is 4.95. The maximum absolute atomic E-state index is 12.5. The largest absolute Gasteiger partial charge is 0.296 e. The molecule has 0 fully saturated rings. The fourth-order valence-electron chi connectivity index (χ4n) is 2.64. The number of pyridine rings is 1. The van der Waals surface area contributed by atoms with E-state index in [2.05, 4.69) is 15.2 Å². The van der Waals surface area contributed by atoms with Crippen molar-refractivity contribution in [1.82, 2.24) is 28.9 Å². The van der Waals surface area contributed by atoms with Gasteiger partial charge in [0, 0.05) is 26.4 Å². The van der Waals surface area contributed by atoms with E-state index in [1.54, 1.807) is 33.2 Å². The Hall–Kier alpha value is -2.70. The lowest BCUT2D eigenvalue weighted by atomic mass is 10.2. The molecule has 0 bridgehead atoms. The van der Waals surface area contributed by atoms with E-state index in [9.17, 15) is 4.79 Å². The molecule has 0 amide bonds. The molecule has 100 valence electrons. The van der Waals surface area contributed by atoms with Crippen molar-refractivity contribution >= 4 is 27.6 Å². The van der Waals surface area contributed by atoms with Crippen molar-refractivity contribution in [1.29, 1.82) is 0 Å². The minimum absolute atomic E-state index is 0.0781. The molecule has 0 N–H and O–H groups in total. The number of hydrogen-bond donors (Lipinski definition) is 0. The van der Waals surface area contributed by atoms with Gasteiger partial charge < -0.3 is 0 Å². The van der Waals surface area contributed by atoms with Crippen molar-refractivity contribution in [2.24, 2.45) is 14.1 Å². The molecule has 4 rings (SSSR count). The van der Waals surface area contributed by atoms with Crippen LogP contribution in [0.2, 0.25) is 0 Å². The Bertz CT molecular complexity index is 1050. The topological polar surface area (TPSA) is 70.0 Å². The van der Waals surface area contributed by atoms with Gasteiger partial charge in [-0.2, -0.15) is 10.2 Å². The lowest BCUT2D eigenvalue weighted by Crippen LogP contribution is -2.20. The van der Waals surface area contributed by atoms with Crippen LogP contribution in [0.15, 0.2) is 23.3 Å². The standard InChI is InChI=1S/C13H12N6O/c1-7-4-10-17(2)13(20)9-5-14-12-8(6-15-18(12)3)11(9)19(10)16-7/h4-6H,1-3H3. The number of fused-ring (bicyclic) bond motifs is 5.